The number of furan rings is 1. The van der Waals surface area contributed by atoms with Gasteiger partial charge in [-0.2, -0.15) is 0 Å². The average Bonchev–Trinajstić information content (AvgIpc) is 2.81. The summed E-state index contributed by atoms with van der Waals surface area (Å²) in [6.45, 7) is 4.47. The van der Waals surface area contributed by atoms with E-state index >= 15 is 0 Å². The van der Waals surface area contributed by atoms with Crippen molar-refractivity contribution >= 4 is 5.97 Å². The maximum Gasteiger partial charge on any atom is 0.313 e. The number of unbranched alkanes of at least 4 members (excludes halogenated alkanes) is 5. The number of ether oxygens (including phenoxy) is 1. The molecule has 0 aliphatic carbocycles. The molecule has 0 unspecified atom stereocenters. The zero-order valence-corrected chi connectivity index (χ0v) is 12.2. The van der Waals surface area contributed by atoms with Crippen LogP contribution in [0.1, 0.15) is 63.7 Å². The molecule has 0 saturated heterocycles. The molecule has 0 aliphatic heterocycles. The van der Waals surface area contributed by atoms with Crippen molar-refractivity contribution in [3.63, 3.8) is 0 Å². The second kappa shape index (κ2) is 9.65. The zero-order chi connectivity index (χ0) is 13.9. The van der Waals surface area contributed by atoms with Crippen LogP contribution in [0.4, 0.5) is 0 Å². The number of carbonyl (C=O) groups excluding carboxylic acids is 1. The standard InChI is InChI=1S/C16H26O3/c1-3-5-6-7-8-9-10-14-11-12-19-15(14)13-16(17)18-4-2/h11-12H,3-10,13H2,1-2H3. The molecule has 1 aromatic heterocycles. The first-order valence-corrected chi connectivity index (χ1v) is 7.48. The molecular formula is C16H26O3. The van der Waals surface area contributed by atoms with Gasteiger partial charge < -0.3 is 9.15 Å². The van der Waals surface area contributed by atoms with Crippen LogP contribution in [0.15, 0.2) is 16.7 Å². The van der Waals surface area contributed by atoms with Crippen LogP contribution in [-0.2, 0) is 22.4 Å². The van der Waals surface area contributed by atoms with E-state index in [4.69, 9.17) is 9.15 Å². The topological polar surface area (TPSA) is 39.4 Å². The van der Waals surface area contributed by atoms with E-state index in [1.54, 1.807) is 6.26 Å². The minimum absolute atomic E-state index is 0.207. The van der Waals surface area contributed by atoms with Gasteiger partial charge in [0.15, 0.2) is 0 Å². The number of esters is 1. The Morgan fingerprint density at radius 3 is 2.63 bits per heavy atom. The first-order chi connectivity index (χ1) is 9.27. The maximum absolute atomic E-state index is 11.4. The summed E-state index contributed by atoms with van der Waals surface area (Å²) >= 11 is 0. The van der Waals surface area contributed by atoms with Crippen molar-refractivity contribution in [2.45, 2.75) is 65.2 Å². The Morgan fingerprint density at radius 1 is 1.16 bits per heavy atom. The Balaban J connectivity index is 2.26. The molecule has 0 spiro atoms. The average molecular weight is 266 g/mol. The van der Waals surface area contributed by atoms with E-state index in [0.29, 0.717) is 6.61 Å². The summed E-state index contributed by atoms with van der Waals surface area (Å²) in [5.41, 5.74) is 1.16. The summed E-state index contributed by atoms with van der Waals surface area (Å²) in [6, 6.07) is 1.97. The Hall–Kier alpha value is -1.25. The number of carbonyl (C=O) groups is 1. The van der Waals surface area contributed by atoms with E-state index in [0.717, 1.165) is 17.7 Å². The van der Waals surface area contributed by atoms with Crippen LogP contribution < -0.4 is 0 Å². The first-order valence-electron chi connectivity index (χ1n) is 7.48. The molecule has 0 radical (unpaired) electrons. The maximum atomic E-state index is 11.4. The number of hydrogen-bond donors (Lipinski definition) is 0. The van der Waals surface area contributed by atoms with Gasteiger partial charge in [0, 0.05) is 0 Å². The third kappa shape index (κ3) is 6.46. The minimum Gasteiger partial charge on any atom is -0.468 e. The number of rotatable bonds is 10. The normalized spacial score (nSPS) is 10.6. The van der Waals surface area contributed by atoms with Crippen molar-refractivity contribution in [1.82, 2.24) is 0 Å². The van der Waals surface area contributed by atoms with E-state index in [1.807, 2.05) is 13.0 Å². The van der Waals surface area contributed by atoms with Gasteiger partial charge in [-0.25, -0.2) is 0 Å². The summed E-state index contributed by atoms with van der Waals surface area (Å²) < 4.78 is 10.3. The van der Waals surface area contributed by atoms with Gasteiger partial charge in [0.05, 0.1) is 12.9 Å². The lowest BCUT2D eigenvalue weighted by molar-refractivity contribution is -0.142. The summed E-state index contributed by atoms with van der Waals surface area (Å²) in [6.07, 6.45) is 10.6. The minimum atomic E-state index is -0.207. The fourth-order valence-electron chi connectivity index (χ4n) is 2.18. The number of aryl methyl sites for hydroxylation is 1. The SMILES string of the molecule is CCCCCCCCc1ccoc1CC(=O)OCC. The second-order valence-corrected chi connectivity index (χ2v) is 4.87. The molecule has 0 aliphatic rings. The van der Waals surface area contributed by atoms with Crippen molar-refractivity contribution in [3.05, 3.63) is 23.7 Å². The van der Waals surface area contributed by atoms with Crippen LogP contribution in [0, 0.1) is 0 Å². The molecule has 0 amide bonds. The van der Waals surface area contributed by atoms with Crippen LogP contribution in [0.3, 0.4) is 0 Å². The summed E-state index contributed by atoms with van der Waals surface area (Å²) in [4.78, 5) is 11.4. The summed E-state index contributed by atoms with van der Waals surface area (Å²) in [5.74, 6) is 0.564. The highest BCUT2D eigenvalue weighted by Gasteiger charge is 2.11. The highest BCUT2D eigenvalue weighted by atomic mass is 16.5. The van der Waals surface area contributed by atoms with Gasteiger partial charge >= 0.3 is 5.97 Å². The van der Waals surface area contributed by atoms with Gasteiger partial charge in [0.25, 0.3) is 0 Å². The van der Waals surface area contributed by atoms with Crippen LogP contribution in [-0.4, -0.2) is 12.6 Å². The molecule has 0 N–H and O–H groups in total. The molecule has 0 bridgehead atoms. The van der Waals surface area contributed by atoms with Gasteiger partial charge in [-0.1, -0.05) is 39.0 Å². The smallest absolute Gasteiger partial charge is 0.313 e. The monoisotopic (exact) mass is 266 g/mol. The highest BCUT2D eigenvalue weighted by Crippen LogP contribution is 2.16. The summed E-state index contributed by atoms with van der Waals surface area (Å²) in [5, 5.41) is 0. The van der Waals surface area contributed by atoms with E-state index in [2.05, 4.69) is 6.92 Å². The van der Waals surface area contributed by atoms with Crippen molar-refractivity contribution in [1.29, 1.82) is 0 Å². The van der Waals surface area contributed by atoms with E-state index in [1.165, 1.54) is 38.5 Å². The highest BCUT2D eigenvalue weighted by molar-refractivity contribution is 5.72. The second-order valence-electron chi connectivity index (χ2n) is 4.87. The Bertz CT molecular complexity index is 355. The van der Waals surface area contributed by atoms with Crippen molar-refractivity contribution < 1.29 is 13.9 Å². The molecule has 1 rings (SSSR count). The van der Waals surface area contributed by atoms with Crippen molar-refractivity contribution in [3.8, 4) is 0 Å². The molecule has 108 valence electrons. The fourth-order valence-corrected chi connectivity index (χ4v) is 2.18. The van der Waals surface area contributed by atoms with Gasteiger partial charge in [0.2, 0.25) is 0 Å². The Kier molecular flexibility index (Phi) is 8.03. The molecule has 3 nitrogen and oxygen atoms in total. The Morgan fingerprint density at radius 2 is 1.89 bits per heavy atom. The molecule has 0 saturated carbocycles. The molecule has 0 aromatic carbocycles. The molecule has 19 heavy (non-hydrogen) atoms. The third-order valence-corrected chi connectivity index (χ3v) is 3.25. The van der Waals surface area contributed by atoms with Gasteiger partial charge in [-0.15, -0.1) is 0 Å². The molecule has 1 heterocycles. The predicted molar refractivity (Wildman–Crippen MR) is 76.1 cm³/mol. The molecule has 3 heteroatoms. The number of hydrogen-bond acceptors (Lipinski definition) is 3. The molecule has 1 aromatic rings. The van der Waals surface area contributed by atoms with Gasteiger partial charge in [0.1, 0.15) is 12.2 Å². The largest absolute Gasteiger partial charge is 0.468 e. The van der Waals surface area contributed by atoms with Gasteiger partial charge in [-0.05, 0) is 31.4 Å². The lowest BCUT2D eigenvalue weighted by Crippen LogP contribution is -2.08. The van der Waals surface area contributed by atoms with Crippen molar-refractivity contribution in [2.24, 2.45) is 0 Å². The lowest BCUT2D eigenvalue weighted by atomic mass is 10.0. The zero-order valence-electron chi connectivity index (χ0n) is 12.2. The Labute approximate surface area is 116 Å². The van der Waals surface area contributed by atoms with E-state index < -0.39 is 0 Å². The van der Waals surface area contributed by atoms with Crippen LogP contribution in [0.5, 0.6) is 0 Å². The van der Waals surface area contributed by atoms with Crippen LogP contribution in [0.25, 0.3) is 0 Å². The molecule has 0 atom stereocenters. The molecule has 0 fully saturated rings. The van der Waals surface area contributed by atoms with Crippen LogP contribution >= 0.6 is 0 Å². The van der Waals surface area contributed by atoms with Gasteiger partial charge in [-0.3, -0.25) is 4.79 Å². The lowest BCUT2D eigenvalue weighted by Gasteiger charge is -2.03. The van der Waals surface area contributed by atoms with E-state index in [9.17, 15) is 4.79 Å². The van der Waals surface area contributed by atoms with E-state index in [-0.39, 0.29) is 12.4 Å². The fraction of sp³-hybridized carbons (Fsp3) is 0.688. The van der Waals surface area contributed by atoms with Crippen molar-refractivity contribution in [2.75, 3.05) is 6.61 Å². The summed E-state index contributed by atoms with van der Waals surface area (Å²) in [7, 11) is 0. The molecular weight excluding hydrogens is 240 g/mol. The van der Waals surface area contributed by atoms with Crippen LogP contribution in [0.2, 0.25) is 0 Å². The predicted octanol–water partition coefficient (Wildman–Crippen LogP) is 4.29. The quantitative estimate of drug-likeness (QED) is 0.468. The third-order valence-electron chi connectivity index (χ3n) is 3.25. The first kappa shape index (κ1) is 15.8.